The number of rotatable bonds is 4. The van der Waals surface area contributed by atoms with E-state index in [2.05, 4.69) is 28.9 Å². The van der Waals surface area contributed by atoms with Gasteiger partial charge in [0, 0.05) is 31.9 Å². The molecule has 0 radical (unpaired) electrons. The summed E-state index contributed by atoms with van der Waals surface area (Å²) >= 11 is 0. The molecule has 1 aliphatic heterocycles. The van der Waals surface area contributed by atoms with Crippen molar-refractivity contribution in [3.63, 3.8) is 0 Å². The van der Waals surface area contributed by atoms with Crippen LogP contribution in [0.15, 0.2) is 24.3 Å². The van der Waals surface area contributed by atoms with Gasteiger partial charge in [-0.05, 0) is 30.7 Å². The third kappa shape index (κ3) is 3.20. The lowest BCUT2D eigenvalue weighted by molar-refractivity contribution is 0.258. The minimum atomic E-state index is 0.130. The number of hydrogen-bond acceptors (Lipinski definition) is 3. The first-order valence-electron chi connectivity index (χ1n) is 6.50. The minimum Gasteiger partial charge on any atom is -0.392 e. The van der Waals surface area contributed by atoms with Gasteiger partial charge in [-0.15, -0.1) is 0 Å². The molecule has 0 spiro atoms. The summed E-state index contributed by atoms with van der Waals surface area (Å²) < 4.78 is 0. The predicted octanol–water partition coefficient (Wildman–Crippen LogP) is 1.71. The van der Waals surface area contributed by atoms with E-state index in [1.165, 1.54) is 18.7 Å². The van der Waals surface area contributed by atoms with Gasteiger partial charge in [-0.25, -0.2) is 0 Å². The monoisotopic (exact) mass is 234 g/mol. The smallest absolute Gasteiger partial charge is 0.0681 e. The van der Waals surface area contributed by atoms with Crippen molar-refractivity contribution in [3.8, 4) is 0 Å². The molecule has 2 rings (SSSR count). The Morgan fingerprint density at radius 1 is 1.06 bits per heavy atom. The number of piperazine rings is 1. The highest BCUT2D eigenvalue weighted by Crippen LogP contribution is 2.17. The molecular formula is C14H22N2O. The molecule has 1 aromatic carbocycles. The first-order chi connectivity index (χ1) is 8.33. The van der Waals surface area contributed by atoms with Crippen LogP contribution in [0, 0.1) is 0 Å². The number of aliphatic hydroxyl groups is 1. The summed E-state index contributed by atoms with van der Waals surface area (Å²) in [5.74, 6) is 0. The lowest BCUT2D eigenvalue weighted by atomic mass is 10.2. The van der Waals surface area contributed by atoms with E-state index in [0.717, 1.165) is 31.7 Å². The maximum absolute atomic E-state index is 9.01. The zero-order valence-corrected chi connectivity index (χ0v) is 10.6. The Labute approximate surface area is 104 Å². The van der Waals surface area contributed by atoms with Crippen LogP contribution in [0.2, 0.25) is 0 Å². The maximum Gasteiger partial charge on any atom is 0.0681 e. The SMILES string of the molecule is CCCN1CCN(c2ccc(CO)cc2)CC1. The molecule has 0 bridgehead atoms. The molecule has 0 unspecified atom stereocenters. The van der Waals surface area contributed by atoms with Crippen LogP contribution < -0.4 is 4.90 Å². The lowest BCUT2D eigenvalue weighted by Crippen LogP contribution is -2.46. The number of hydrogen-bond donors (Lipinski definition) is 1. The number of aliphatic hydroxyl groups excluding tert-OH is 1. The Balaban J connectivity index is 1.91. The first kappa shape index (κ1) is 12.4. The molecule has 94 valence electrons. The third-order valence-electron chi connectivity index (χ3n) is 3.40. The Kier molecular flexibility index (Phi) is 4.40. The molecule has 0 saturated carbocycles. The van der Waals surface area contributed by atoms with Gasteiger partial charge in [0.2, 0.25) is 0 Å². The summed E-state index contributed by atoms with van der Waals surface area (Å²) in [5, 5.41) is 9.01. The van der Waals surface area contributed by atoms with Gasteiger partial charge in [0.15, 0.2) is 0 Å². The molecule has 1 saturated heterocycles. The van der Waals surface area contributed by atoms with E-state index >= 15 is 0 Å². The highest BCUT2D eigenvalue weighted by atomic mass is 16.3. The predicted molar refractivity (Wildman–Crippen MR) is 71.3 cm³/mol. The number of nitrogens with zero attached hydrogens (tertiary/aromatic N) is 2. The summed E-state index contributed by atoms with van der Waals surface area (Å²) in [6.07, 6.45) is 1.24. The Hall–Kier alpha value is -1.06. The van der Waals surface area contributed by atoms with Crippen LogP contribution >= 0.6 is 0 Å². The van der Waals surface area contributed by atoms with Gasteiger partial charge in [-0.3, -0.25) is 4.90 Å². The Morgan fingerprint density at radius 2 is 1.71 bits per heavy atom. The van der Waals surface area contributed by atoms with Crippen molar-refractivity contribution < 1.29 is 5.11 Å². The molecule has 0 aromatic heterocycles. The molecule has 17 heavy (non-hydrogen) atoms. The van der Waals surface area contributed by atoms with Crippen molar-refractivity contribution >= 4 is 5.69 Å². The highest BCUT2D eigenvalue weighted by molar-refractivity contribution is 5.48. The molecular weight excluding hydrogens is 212 g/mol. The minimum absolute atomic E-state index is 0.130. The van der Waals surface area contributed by atoms with E-state index in [9.17, 15) is 0 Å². The van der Waals surface area contributed by atoms with E-state index in [1.54, 1.807) is 0 Å². The van der Waals surface area contributed by atoms with Crippen LogP contribution in [0.25, 0.3) is 0 Å². The topological polar surface area (TPSA) is 26.7 Å². The van der Waals surface area contributed by atoms with Crippen molar-refractivity contribution in [1.29, 1.82) is 0 Å². The van der Waals surface area contributed by atoms with E-state index < -0.39 is 0 Å². The van der Waals surface area contributed by atoms with Crippen LogP contribution in [0.5, 0.6) is 0 Å². The van der Waals surface area contributed by atoms with Gasteiger partial charge in [-0.2, -0.15) is 0 Å². The van der Waals surface area contributed by atoms with E-state index in [1.807, 2.05) is 12.1 Å². The fourth-order valence-corrected chi connectivity index (χ4v) is 2.36. The highest BCUT2D eigenvalue weighted by Gasteiger charge is 2.15. The van der Waals surface area contributed by atoms with Crippen LogP contribution in [0.4, 0.5) is 5.69 Å². The van der Waals surface area contributed by atoms with Crippen LogP contribution in [-0.2, 0) is 6.61 Å². The van der Waals surface area contributed by atoms with Crippen molar-refractivity contribution in [2.24, 2.45) is 0 Å². The molecule has 0 atom stereocenters. The summed E-state index contributed by atoms with van der Waals surface area (Å²) in [5.41, 5.74) is 2.26. The molecule has 3 nitrogen and oxygen atoms in total. The molecule has 1 fully saturated rings. The van der Waals surface area contributed by atoms with Gasteiger partial charge >= 0.3 is 0 Å². The van der Waals surface area contributed by atoms with Gasteiger partial charge in [-0.1, -0.05) is 19.1 Å². The molecule has 0 aliphatic carbocycles. The second kappa shape index (κ2) is 6.03. The second-order valence-corrected chi connectivity index (χ2v) is 4.65. The third-order valence-corrected chi connectivity index (χ3v) is 3.40. The Morgan fingerprint density at radius 3 is 2.24 bits per heavy atom. The van der Waals surface area contributed by atoms with Gasteiger partial charge in [0.25, 0.3) is 0 Å². The van der Waals surface area contributed by atoms with Gasteiger partial charge in [0.05, 0.1) is 6.61 Å². The molecule has 1 aliphatic rings. The average molecular weight is 234 g/mol. The standard InChI is InChI=1S/C14H22N2O/c1-2-7-15-8-10-16(11-9-15)14-5-3-13(12-17)4-6-14/h3-6,17H,2,7-12H2,1H3. The quantitative estimate of drug-likeness (QED) is 0.859. The van der Waals surface area contributed by atoms with E-state index in [4.69, 9.17) is 5.11 Å². The van der Waals surface area contributed by atoms with Crippen molar-refractivity contribution in [1.82, 2.24) is 4.90 Å². The van der Waals surface area contributed by atoms with Gasteiger partial charge in [0.1, 0.15) is 0 Å². The summed E-state index contributed by atoms with van der Waals surface area (Å²) in [6, 6.07) is 8.24. The van der Waals surface area contributed by atoms with Crippen molar-refractivity contribution in [3.05, 3.63) is 29.8 Å². The summed E-state index contributed by atoms with van der Waals surface area (Å²) in [7, 11) is 0. The first-order valence-corrected chi connectivity index (χ1v) is 6.50. The maximum atomic E-state index is 9.01. The van der Waals surface area contributed by atoms with Crippen LogP contribution in [-0.4, -0.2) is 42.7 Å². The molecule has 1 heterocycles. The molecule has 3 heteroatoms. The zero-order chi connectivity index (χ0) is 12.1. The summed E-state index contributed by atoms with van der Waals surface area (Å²) in [6.45, 7) is 8.13. The largest absolute Gasteiger partial charge is 0.392 e. The van der Waals surface area contributed by atoms with Crippen LogP contribution in [0.1, 0.15) is 18.9 Å². The molecule has 1 N–H and O–H groups in total. The van der Waals surface area contributed by atoms with E-state index in [-0.39, 0.29) is 6.61 Å². The summed E-state index contributed by atoms with van der Waals surface area (Å²) in [4.78, 5) is 4.95. The number of anilines is 1. The fourth-order valence-electron chi connectivity index (χ4n) is 2.36. The average Bonchev–Trinajstić information content (AvgIpc) is 2.40. The Bertz CT molecular complexity index is 329. The fraction of sp³-hybridized carbons (Fsp3) is 0.571. The van der Waals surface area contributed by atoms with Crippen molar-refractivity contribution in [2.75, 3.05) is 37.6 Å². The molecule has 0 amide bonds. The van der Waals surface area contributed by atoms with Crippen LogP contribution in [0.3, 0.4) is 0 Å². The lowest BCUT2D eigenvalue weighted by Gasteiger charge is -2.36. The second-order valence-electron chi connectivity index (χ2n) is 4.65. The van der Waals surface area contributed by atoms with Gasteiger partial charge < -0.3 is 10.0 Å². The van der Waals surface area contributed by atoms with Crippen molar-refractivity contribution in [2.45, 2.75) is 20.0 Å². The zero-order valence-electron chi connectivity index (χ0n) is 10.6. The number of benzene rings is 1. The van der Waals surface area contributed by atoms with E-state index in [0.29, 0.717) is 0 Å². The molecule has 1 aromatic rings. The normalized spacial score (nSPS) is 17.4.